The zero-order valence-electron chi connectivity index (χ0n) is 12.4. The molecule has 0 spiro atoms. The first-order valence-electron chi connectivity index (χ1n) is 7.39. The van der Waals surface area contributed by atoms with Crippen LogP contribution in [0, 0.1) is 0 Å². The van der Waals surface area contributed by atoms with Crippen molar-refractivity contribution >= 4 is 0 Å². The van der Waals surface area contributed by atoms with Gasteiger partial charge in [-0.3, -0.25) is 4.90 Å². The van der Waals surface area contributed by atoms with E-state index in [1.165, 1.54) is 5.56 Å². The summed E-state index contributed by atoms with van der Waals surface area (Å²) in [6.45, 7) is 5.07. The summed E-state index contributed by atoms with van der Waals surface area (Å²) in [4.78, 5) is 2.04. The fourth-order valence-electron chi connectivity index (χ4n) is 2.03. The molecule has 4 heteroatoms. The number of unbranched alkanes of at least 4 members (excludes halogenated alkanes) is 1. The van der Waals surface area contributed by atoms with E-state index in [4.69, 9.17) is 9.84 Å². The van der Waals surface area contributed by atoms with Crippen molar-refractivity contribution in [2.75, 3.05) is 32.9 Å². The molecule has 1 unspecified atom stereocenters. The van der Waals surface area contributed by atoms with E-state index in [0.29, 0.717) is 26.3 Å². The molecule has 0 amide bonds. The average molecular weight is 281 g/mol. The van der Waals surface area contributed by atoms with Crippen molar-refractivity contribution < 1.29 is 14.9 Å². The molecule has 20 heavy (non-hydrogen) atoms. The summed E-state index contributed by atoms with van der Waals surface area (Å²) in [6, 6.07) is 10.1. The molecule has 1 rings (SSSR count). The maximum absolute atomic E-state index is 9.98. The summed E-state index contributed by atoms with van der Waals surface area (Å²) in [7, 11) is 0. The third kappa shape index (κ3) is 7.60. The molecule has 4 nitrogen and oxygen atoms in total. The molecule has 0 radical (unpaired) electrons. The summed E-state index contributed by atoms with van der Waals surface area (Å²) in [5, 5.41) is 19.1. The fraction of sp³-hybridized carbons (Fsp3) is 0.625. The molecule has 114 valence electrons. The normalized spacial score (nSPS) is 12.8. The minimum Gasteiger partial charge on any atom is -0.395 e. The van der Waals surface area contributed by atoms with Crippen molar-refractivity contribution in [2.24, 2.45) is 0 Å². The van der Waals surface area contributed by atoms with Gasteiger partial charge in [0.05, 0.1) is 19.3 Å². The van der Waals surface area contributed by atoms with Crippen molar-refractivity contribution in [3.8, 4) is 0 Å². The Morgan fingerprint density at radius 1 is 1.25 bits per heavy atom. The van der Waals surface area contributed by atoms with Gasteiger partial charge in [-0.25, -0.2) is 0 Å². The first-order valence-corrected chi connectivity index (χ1v) is 7.39. The lowest BCUT2D eigenvalue weighted by Crippen LogP contribution is -2.36. The molecule has 0 saturated carbocycles. The second-order valence-electron chi connectivity index (χ2n) is 5.03. The molecule has 0 bridgehead atoms. The lowest BCUT2D eigenvalue weighted by Gasteiger charge is -2.24. The van der Waals surface area contributed by atoms with Crippen LogP contribution in [0.1, 0.15) is 25.3 Å². The highest BCUT2D eigenvalue weighted by atomic mass is 16.5. The molecule has 0 aliphatic heterocycles. The van der Waals surface area contributed by atoms with Crippen LogP contribution in [-0.2, 0) is 11.3 Å². The van der Waals surface area contributed by atoms with E-state index < -0.39 is 6.10 Å². The van der Waals surface area contributed by atoms with Gasteiger partial charge in [0.1, 0.15) is 0 Å². The maximum Gasteiger partial charge on any atom is 0.0900 e. The largest absolute Gasteiger partial charge is 0.395 e. The number of hydrogen-bond donors (Lipinski definition) is 2. The van der Waals surface area contributed by atoms with E-state index in [2.05, 4.69) is 19.1 Å². The maximum atomic E-state index is 9.98. The van der Waals surface area contributed by atoms with Gasteiger partial charge in [-0.05, 0) is 12.0 Å². The predicted octanol–water partition coefficient (Wildman–Crippen LogP) is 1.66. The minimum absolute atomic E-state index is 0.0935. The van der Waals surface area contributed by atoms with Gasteiger partial charge in [0.15, 0.2) is 0 Å². The molecule has 1 aromatic carbocycles. The van der Waals surface area contributed by atoms with Gasteiger partial charge in [0, 0.05) is 26.2 Å². The van der Waals surface area contributed by atoms with Crippen molar-refractivity contribution in [2.45, 2.75) is 32.4 Å². The number of nitrogens with zero attached hydrogens (tertiary/aromatic N) is 1. The minimum atomic E-state index is -0.512. The second-order valence-corrected chi connectivity index (χ2v) is 5.03. The zero-order chi connectivity index (χ0) is 14.6. The molecular formula is C16H27NO3. The van der Waals surface area contributed by atoms with Gasteiger partial charge in [-0.1, -0.05) is 43.7 Å². The molecule has 1 aromatic rings. The van der Waals surface area contributed by atoms with Crippen molar-refractivity contribution in [1.82, 2.24) is 4.90 Å². The summed E-state index contributed by atoms with van der Waals surface area (Å²) >= 11 is 0. The van der Waals surface area contributed by atoms with Gasteiger partial charge < -0.3 is 14.9 Å². The van der Waals surface area contributed by atoms with E-state index in [1.807, 2.05) is 23.1 Å². The average Bonchev–Trinajstić information content (AvgIpc) is 2.45. The number of hydrogen-bond acceptors (Lipinski definition) is 4. The van der Waals surface area contributed by atoms with Crippen LogP contribution in [0.5, 0.6) is 0 Å². The third-order valence-corrected chi connectivity index (χ3v) is 3.09. The summed E-state index contributed by atoms with van der Waals surface area (Å²) in [5.41, 5.74) is 1.18. The van der Waals surface area contributed by atoms with Crippen LogP contribution in [0.2, 0.25) is 0 Å². The second kappa shape index (κ2) is 10.8. The van der Waals surface area contributed by atoms with Gasteiger partial charge in [-0.15, -0.1) is 0 Å². The first kappa shape index (κ1) is 17.1. The Morgan fingerprint density at radius 3 is 2.65 bits per heavy atom. The molecular weight excluding hydrogens is 254 g/mol. The summed E-state index contributed by atoms with van der Waals surface area (Å²) in [6.07, 6.45) is 1.61. The van der Waals surface area contributed by atoms with Gasteiger partial charge >= 0.3 is 0 Å². The standard InChI is InChI=1S/C16H27NO3/c1-2-3-11-20-14-16(19)13-17(9-10-18)12-15-7-5-4-6-8-15/h4-8,16,18-19H,2-3,9-14H2,1H3. The molecule has 0 saturated heterocycles. The molecule has 0 heterocycles. The number of rotatable bonds is 11. The molecule has 0 aliphatic rings. The summed E-state index contributed by atoms with van der Waals surface area (Å²) < 4.78 is 5.43. The highest BCUT2D eigenvalue weighted by molar-refractivity contribution is 5.14. The number of aliphatic hydroxyl groups is 2. The molecule has 1 atom stereocenters. The van der Waals surface area contributed by atoms with E-state index >= 15 is 0 Å². The van der Waals surface area contributed by atoms with Crippen LogP contribution in [0.25, 0.3) is 0 Å². The fourth-order valence-corrected chi connectivity index (χ4v) is 2.03. The lowest BCUT2D eigenvalue weighted by molar-refractivity contribution is 0.0118. The third-order valence-electron chi connectivity index (χ3n) is 3.09. The Labute approximate surface area is 122 Å². The Morgan fingerprint density at radius 2 is 2.00 bits per heavy atom. The van der Waals surface area contributed by atoms with Gasteiger partial charge in [0.25, 0.3) is 0 Å². The zero-order valence-corrected chi connectivity index (χ0v) is 12.4. The highest BCUT2D eigenvalue weighted by Gasteiger charge is 2.12. The number of aliphatic hydroxyl groups excluding tert-OH is 2. The SMILES string of the molecule is CCCCOCC(O)CN(CCO)Cc1ccccc1. The van der Waals surface area contributed by atoms with Crippen LogP contribution >= 0.6 is 0 Å². The van der Waals surface area contributed by atoms with E-state index in [0.717, 1.165) is 19.4 Å². The van der Waals surface area contributed by atoms with Gasteiger partial charge in [-0.2, -0.15) is 0 Å². The van der Waals surface area contributed by atoms with Crippen LogP contribution < -0.4 is 0 Å². The van der Waals surface area contributed by atoms with Crippen molar-refractivity contribution in [3.63, 3.8) is 0 Å². The van der Waals surface area contributed by atoms with Crippen LogP contribution in [0.15, 0.2) is 30.3 Å². The predicted molar refractivity (Wildman–Crippen MR) is 80.5 cm³/mol. The van der Waals surface area contributed by atoms with Crippen molar-refractivity contribution in [3.05, 3.63) is 35.9 Å². The molecule has 0 aliphatic carbocycles. The Kier molecular flexibility index (Phi) is 9.24. The quantitative estimate of drug-likeness (QED) is 0.606. The Hall–Kier alpha value is -0.940. The highest BCUT2D eigenvalue weighted by Crippen LogP contribution is 2.05. The first-order chi connectivity index (χ1) is 9.76. The topological polar surface area (TPSA) is 52.9 Å². The van der Waals surface area contributed by atoms with Gasteiger partial charge in [0.2, 0.25) is 0 Å². The molecule has 0 fully saturated rings. The number of ether oxygens (including phenoxy) is 1. The lowest BCUT2D eigenvalue weighted by atomic mass is 10.2. The van der Waals surface area contributed by atoms with Crippen LogP contribution in [0.4, 0.5) is 0 Å². The monoisotopic (exact) mass is 281 g/mol. The number of benzene rings is 1. The molecule has 2 N–H and O–H groups in total. The Bertz CT molecular complexity index is 332. The van der Waals surface area contributed by atoms with Crippen molar-refractivity contribution in [1.29, 1.82) is 0 Å². The smallest absolute Gasteiger partial charge is 0.0900 e. The van der Waals surface area contributed by atoms with E-state index in [-0.39, 0.29) is 6.61 Å². The Balaban J connectivity index is 2.34. The van der Waals surface area contributed by atoms with E-state index in [1.54, 1.807) is 0 Å². The summed E-state index contributed by atoms with van der Waals surface area (Å²) in [5.74, 6) is 0. The van der Waals surface area contributed by atoms with Crippen LogP contribution in [0.3, 0.4) is 0 Å². The van der Waals surface area contributed by atoms with Crippen LogP contribution in [-0.4, -0.2) is 54.1 Å². The molecule has 0 aromatic heterocycles. The van der Waals surface area contributed by atoms with E-state index in [9.17, 15) is 5.11 Å².